The van der Waals surface area contributed by atoms with Crippen LogP contribution < -0.4 is 15.7 Å². The molecule has 1 amide bonds. The summed E-state index contributed by atoms with van der Waals surface area (Å²) < 4.78 is 47.1. The van der Waals surface area contributed by atoms with Crippen molar-refractivity contribution in [1.29, 1.82) is 0 Å². The summed E-state index contributed by atoms with van der Waals surface area (Å²) in [4.78, 5) is 24.7. The largest absolute Gasteiger partial charge is 0.491 e. The first-order chi connectivity index (χ1) is 13.7. The first kappa shape index (κ1) is 20.5. The van der Waals surface area contributed by atoms with Crippen molar-refractivity contribution in [2.24, 2.45) is 7.05 Å². The van der Waals surface area contributed by atoms with Crippen molar-refractivity contribution in [2.45, 2.75) is 25.7 Å². The summed E-state index contributed by atoms with van der Waals surface area (Å²) in [6, 6.07) is 11.4. The smallest absolute Gasteiger partial charge is 0.419 e. The molecule has 3 rings (SSSR count). The van der Waals surface area contributed by atoms with Gasteiger partial charge in [0.1, 0.15) is 18.9 Å². The van der Waals surface area contributed by atoms with Crippen LogP contribution >= 0.6 is 0 Å². The number of aryl methyl sites for hydroxylation is 1. The summed E-state index contributed by atoms with van der Waals surface area (Å²) in [5.41, 5.74) is 0.119. The molecule has 0 saturated carbocycles. The number of fused-ring (bicyclic) bond motifs is 1. The van der Waals surface area contributed by atoms with Gasteiger partial charge in [-0.15, -0.1) is 0 Å². The van der Waals surface area contributed by atoms with Crippen molar-refractivity contribution in [3.63, 3.8) is 0 Å². The molecule has 1 heterocycles. The fourth-order valence-corrected chi connectivity index (χ4v) is 3.06. The Hall–Kier alpha value is -3.23. The Balaban J connectivity index is 1.64. The molecule has 1 N–H and O–H groups in total. The Morgan fingerprint density at radius 3 is 2.41 bits per heavy atom. The summed E-state index contributed by atoms with van der Waals surface area (Å²) in [6.07, 6.45) is -4.53. The Morgan fingerprint density at radius 1 is 1.10 bits per heavy atom. The summed E-state index contributed by atoms with van der Waals surface area (Å²) in [5.74, 6) is -0.741. The van der Waals surface area contributed by atoms with Gasteiger partial charge >= 0.3 is 11.9 Å². The van der Waals surface area contributed by atoms with Crippen LogP contribution in [0, 0.1) is 0 Å². The highest BCUT2D eigenvalue weighted by molar-refractivity contribution is 5.81. The average molecular weight is 407 g/mol. The predicted octanol–water partition coefficient (Wildman–Crippen LogP) is 2.94. The van der Waals surface area contributed by atoms with Gasteiger partial charge < -0.3 is 10.1 Å². The highest BCUT2D eigenvalue weighted by Crippen LogP contribution is 2.35. The second kappa shape index (κ2) is 8.02. The topological polar surface area (TPSA) is 65.3 Å². The van der Waals surface area contributed by atoms with Crippen LogP contribution in [0.2, 0.25) is 0 Å². The molecule has 9 heteroatoms. The van der Waals surface area contributed by atoms with E-state index in [-0.39, 0.29) is 24.6 Å². The number of carbonyl (C=O) groups is 1. The predicted molar refractivity (Wildman–Crippen MR) is 102 cm³/mol. The Labute approximate surface area is 164 Å². The number of benzene rings is 2. The molecule has 0 aliphatic carbocycles. The van der Waals surface area contributed by atoms with E-state index < -0.39 is 23.7 Å². The lowest BCUT2D eigenvalue weighted by molar-refractivity contribution is -0.139. The Bertz CT molecular complexity index is 1090. The summed E-state index contributed by atoms with van der Waals surface area (Å²) in [6.45, 7) is 1.26. The van der Waals surface area contributed by atoms with Crippen molar-refractivity contribution in [3.8, 4) is 5.75 Å². The molecule has 0 spiro atoms. The van der Waals surface area contributed by atoms with E-state index in [2.05, 4.69) is 5.32 Å². The van der Waals surface area contributed by atoms with Gasteiger partial charge in [-0.25, -0.2) is 4.79 Å². The minimum Gasteiger partial charge on any atom is -0.491 e. The average Bonchev–Trinajstić information content (AvgIpc) is 2.91. The number of ether oxygens (including phenoxy) is 1. The standard InChI is InChI=1S/C20H20F3N3O3/c1-13(12-29-17-10-6-3-7-14(17)20(21,22)23)24-18(27)11-26-16-9-5-4-8-15(16)25(2)19(26)28/h3-10,13H,11-12H2,1-2H3,(H,24,27). The fourth-order valence-electron chi connectivity index (χ4n) is 3.06. The van der Waals surface area contributed by atoms with Crippen LogP contribution in [0.1, 0.15) is 12.5 Å². The van der Waals surface area contributed by atoms with E-state index in [0.717, 1.165) is 6.07 Å². The zero-order valence-corrected chi connectivity index (χ0v) is 15.9. The fraction of sp³-hybridized carbons (Fsp3) is 0.300. The van der Waals surface area contributed by atoms with Gasteiger partial charge in [0.15, 0.2) is 0 Å². The first-order valence-electron chi connectivity index (χ1n) is 8.91. The second-order valence-corrected chi connectivity index (χ2v) is 6.69. The number of hydrogen-bond donors (Lipinski definition) is 1. The summed E-state index contributed by atoms with van der Waals surface area (Å²) in [5, 5.41) is 2.64. The molecule has 29 heavy (non-hydrogen) atoms. The number of para-hydroxylation sites is 3. The van der Waals surface area contributed by atoms with E-state index in [1.165, 1.54) is 27.3 Å². The maximum absolute atomic E-state index is 13.0. The van der Waals surface area contributed by atoms with Gasteiger partial charge in [-0.2, -0.15) is 13.2 Å². The maximum atomic E-state index is 13.0. The van der Waals surface area contributed by atoms with E-state index in [9.17, 15) is 22.8 Å². The number of alkyl halides is 3. The first-order valence-corrected chi connectivity index (χ1v) is 8.91. The Kier molecular flexibility index (Phi) is 5.67. The third-order valence-corrected chi connectivity index (χ3v) is 4.44. The van der Waals surface area contributed by atoms with Gasteiger partial charge in [0.25, 0.3) is 0 Å². The molecule has 0 aliphatic heterocycles. The van der Waals surface area contributed by atoms with Crippen LogP contribution in [-0.4, -0.2) is 27.7 Å². The minimum absolute atomic E-state index is 0.150. The number of amides is 1. The zero-order valence-electron chi connectivity index (χ0n) is 15.9. The molecule has 6 nitrogen and oxygen atoms in total. The lowest BCUT2D eigenvalue weighted by Crippen LogP contribution is -2.40. The summed E-state index contributed by atoms with van der Waals surface area (Å²) in [7, 11) is 1.62. The van der Waals surface area contributed by atoms with Crippen LogP contribution in [0.5, 0.6) is 5.75 Å². The van der Waals surface area contributed by atoms with Crippen molar-refractivity contribution >= 4 is 16.9 Å². The molecule has 1 aromatic heterocycles. The van der Waals surface area contributed by atoms with Crippen molar-refractivity contribution in [1.82, 2.24) is 14.5 Å². The number of imidazole rings is 1. The monoisotopic (exact) mass is 407 g/mol. The van der Waals surface area contributed by atoms with E-state index in [1.54, 1.807) is 38.2 Å². The quantitative estimate of drug-likeness (QED) is 0.683. The molecular weight excluding hydrogens is 387 g/mol. The number of rotatable bonds is 6. The summed E-state index contributed by atoms with van der Waals surface area (Å²) >= 11 is 0. The van der Waals surface area contributed by atoms with E-state index in [1.807, 2.05) is 0 Å². The lowest BCUT2D eigenvalue weighted by atomic mass is 10.2. The highest BCUT2D eigenvalue weighted by Gasteiger charge is 2.34. The van der Waals surface area contributed by atoms with E-state index in [4.69, 9.17) is 4.74 Å². The molecule has 2 aromatic carbocycles. The molecule has 0 radical (unpaired) electrons. The van der Waals surface area contributed by atoms with Gasteiger partial charge in [0, 0.05) is 7.05 Å². The number of aromatic nitrogens is 2. The molecule has 0 aliphatic rings. The van der Waals surface area contributed by atoms with Gasteiger partial charge in [0.2, 0.25) is 5.91 Å². The SMILES string of the molecule is CC(COc1ccccc1C(F)(F)F)NC(=O)Cn1c(=O)n(C)c2ccccc21. The number of nitrogens with zero attached hydrogens (tertiary/aromatic N) is 2. The third-order valence-electron chi connectivity index (χ3n) is 4.44. The normalized spacial score (nSPS) is 12.7. The zero-order chi connectivity index (χ0) is 21.2. The molecular formula is C20H20F3N3O3. The number of nitrogens with one attached hydrogen (secondary N) is 1. The molecule has 3 aromatic rings. The second-order valence-electron chi connectivity index (χ2n) is 6.69. The van der Waals surface area contributed by atoms with Crippen LogP contribution in [0.25, 0.3) is 11.0 Å². The number of carbonyl (C=O) groups excluding carboxylic acids is 1. The minimum atomic E-state index is -4.53. The number of hydrogen-bond acceptors (Lipinski definition) is 3. The van der Waals surface area contributed by atoms with Crippen molar-refractivity contribution < 1.29 is 22.7 Å². The van der Waals surface area contributed by atoms with Gasteiger partial charge in [-0.3, -0.25) is 13.9 Å². The molecule has 0 bridgehead atoms. The molecule has 1 unspecified atom stereocenters. The van der Waals surface area contributed by atoms with E-state index in [0.29, 0.717) is 11.0 Å². The highest BCUT2D eigenvalue weighted by atomic mass is 19.4. The van der Waals surface area contributed by atoms with Crippen LogP contribution in [0.4, 0.5) is 13.2 Å². The molecule has 1 atom stereocenters. The van der Waals surface area contributed by atoms with Gasteiger partial charge in [0.05, 0.1) is 22.6 Å². The van der Waals surface area contributed by atoms with Gasteiger partial charge in [-0.05, 0) is 31.2 Å². The third kappa shape index (κ3) is 4.44. The van der Waals surface area contributed by atoms with Crippen molar-refractivity contribution in [3.05, 3.63) is 64.6 Å². The molecule has 154 valence electrons. The van der Waals surface area contributed by atoms with Crippen molar-refractivity contribution in [2.75, 3.05) is 6.61 Å². The lowest BCUT2D eigenvalue weighted by Gasteiger charge is -2.18. The maximum Gasteiger partial charge on any atom is 0.419 e. The number of halogens is 3. The molecule has 0 fully saturated rings. The Morgan fingerprint density at radius 2 is 1.72 bits per heavy atom. The van der Waals surface area contributed by atoms with Gasteiger partial charge in [-0.1, -0.05) is 24.3 Å². The van der Waals surface area contributed by atoms with E-state index >= 15 is 0 Å². The van der Waals surface area contributed by atoms with Crippen LogP contribution in [-0.2, 0) is 24.6 Å². The van der Waals surface area contributed by atoms with Crippen LogP contribution in [0.3, 0.4) is 0 Å². The molecule has 0 saturated heterocycles. The van der Waals surface area contributed by atoms with Crippen LogP contribution in [0.15, 0.2) is 53.3 Å².